The first-order valence-corrected chi connectivity index (χ1v) is 6.77. The number of esters is 2. The van der Waals surface area contributed by atoms with Gasteiger partial charge in [0.15, 0.2) is 0 Å². The minimum atomic E-state index is -0.333. The highest BCUT2D eigenvalue weighted by Crippen LogP contribution is 2.24. The third kappa shape index (κ3) is 5.10. The van der Waals surface area contributed by atoms with Gasteiger partial charge >= 0.3 is 11.9 Å². The third-order valence-corrected chi connectivity index (χ3v) is 3.42. The predicted octanol–water partition coefficient (Wildman–Crippen LogP) is 1.52. The molecule has 5 nitrogen and oxygen atoms in total. The van der Waals surface area contributed by atoms with Gasteiger partial charge in [-0.15, -0.1) is 11.8 Å². The lowest BCUT2D eigenvalue weighted by Crippen LogP contribution is -2.34. The van der Waals surface area contributed by atoms with Crippen molar-refractivity contribution in [2.24, 2.45) is 0 Å². The minimum Gasteiger partial charge on any atom is -0.469 e. The predicted molar refractivity (Wildman–Crippen MR) is 68.1 cm³/mol. The molecule has 1 unspecified atom stereocenters. The molecule has 0 fully saturated rings. The van der Waals surface area contributed by atoms with Gasteiger partial charge in [0.1, 0.15) is 11.5 Å². The summed E-state index contributed by atoms with van der Waals surface area (Å²) in [6.07, 6.45) is 3.51. The molecule has 1 heterocycles. The van der Waals surface area contributed by atoms with Gasteiger partial charge in [-0.1, -0.05) is 0 Å². The van der Waals surface area contributed by atoms with Gasteiger partial charge in [-0.25, -0.2) is 0 Å². The molecule has 0 spiro atoms. The highest BCUT2D eigenvalue weighted by atomic mass is 32.2. The molecule has 0 aromatic heterocycles. The average Bonchev–Trinajstić information content (AvgIpc) is 2.32. The van der Waals surface area contributed by atoms with Crippen molar-refractivity contribution >= 4 is 23.7 Å². The topological polar surface area (TPSA) is 61.8 Å². The lowest BCUT2D eigenvalue weighted by atomic mass is 10.2. The molecule has 0 radical (unpaired) electrons. The molecule has 1 aliphatic heterocycles. The monoisotopic (exact) mass is 274 g/mol. The van der Waals surface area contributed by atoms with Gasteiger partial charge in [0.2, 0.25) is 0 Å². The van der Waals surface area contributed by atoms with E-state index in [4.69, 9.17) is 9.47 Å². The van der Waals surface area contributed by atoms with Crippen LogP contribution < -0.4 is 0 Å². The Balaban J connectivity index is 2.34. The second-order valence-corrected chi connectivity index (χ2v) is 5.07. The Morgan fingerprint density at radius 1 is 1.39 bits per heavy atom. The van der Waals surface area contributed by atoms with E-state index < -0.39 is 0 Å². The zero-order valence-electron chi connectivity index (χ0n) is 10.8. The van der Waals surface area contributed by atoms with Crippen LogP contribution in [0.2, 0.25) is 0 Å². The van der Waals surface area contributed by atoms with E-state index in [2.05, 4.69) is 4.74 Å². The number of thioether (sulfide) groups is 1. The molecule has 0 aromatic carbocycles. The van der Waals surface area contributed by atoms with Gasteiger partial charge in [-0.2, -0.15) is 0 Å². The fourth-order valence-electron chi connectivity index (χ4n) is 1.47. The van der Waals surface area contributed by atoms with E-state index in [9.17, 15) is 9.59 Å². The van der Waals surface area contributed by atoms with Gasteiger partial charge in [-0.3, -0.25) is 9.59 Å². The van der Waals surface area contributed by atoms with Gasteiger partial charge in [0, 0.05) is 12.7 Å². The molecule has 3 atom stereocenters. The maximum Gasteiger partial charge on any atom is 0.306 e. The van der Waals surface area contributed by atoms with Crippen molar-refractivity contribution in [1.29, 1.82) is 0 Å². The van der Waals surface area contributed by atoms with Crippen LogP contribution in [0.1, 0.15) is 20.3 Å². The van der Waals surface area contributed by atoms with Crippen LogP contribution in [-0.4, -0.2) is 42.4 Å². The first-order valence-electron chi connectivity index (χ1n) is 5.72. The van der Waals surface area contributed by atoms with Crippen molar-refractivity contribution in [3.63, 3.8) is 0 Å². The number of rotatable bonds is 5. The molecule has 102 valence electrons. The molecule has 0 amide bonds. The summed E-state index contributed by atoms with van der Waals surface area (Å²) in [6, 6.07) is 0. The Bertz CT molecular complexity index is 328. The Kier molecular flexibility index (Phi) is 6.21. The van der Waals surface area contributed by atoms with E-state index >= 15 is 0 Å². The molecule has 0 bridgehead atoms. The van der Waals surface area contributed by atoms with E-state index in [-0.39, 0.29) is 29.6 Å². The summed E-state index contributed by atoms with van der Waals surface area (Å²) in [6.45, 7) is 3.22. The highest BCUT2D eigenvalue weighted by molar-refractivity contribution is 7.99. The summed E-state index contributed by atoms with van der Waals surface area (Å²) in [5.74, 6) is 0.0807. The molecule has 1 rings (SSSR count). The van der Waals surface area contributed by atoms with Crippen LogP contribution in [0.15, 0.2) is 12.2 Å². The maximum absolute atomic E-state index is 10.9. The lowest BCUT2D eigenvalue weighted by molar-refractivity contribution is -0.151. The van der Waals surface area contributed by atoms with E-state index in [1.807, 2.05) is 19.1 Å². The second-order valence-electron chi connectivity index (χ2n) is 3.87. The Hall–Kier alpha value is -1.01. The van der Waals surface area contributed by atoms with Crippen molar-refractivity contribution in [3.05, 3.63) is 12.2 Å². The van der Waals surface area contributed by atoms with Crippen LogP contribution in [-0.2, 0) is 23.8 Å². The number of hydrogen-bond donors (Lipinski definition) is 0. The lowest BCUT2D eigenvalue weighted by Gasteiger charge is -2.29. The summed E-state index contributed by atoms with van der Waals surface area (Å²) < 4.78 is 15.3. The van der Waals surface area contributed by atoms with Crippen molar-refractivity contribution in [2.45, 2.75) is 37.9 Å². The average molecular weight is 274 g/mol. The smallest absolute Gasteiger partial charge is 0.306 e. The normalized spacial score (nSPS) is 26.7. The molecular formula is C12H18O5S. The van der Waals surface area contributed by atoms with Crippen molar-refractivity contribution < 1.29 is 23.8 Å². The maximum atomic E-state index is 10.9. The summed E-state index contributed by atoms with van der Waals surface area (Å²) in [4.78, 5) is 21.8. The summed E-state index contributed by atoms with van der Waals surface area (Å²) in [7, 11) is 1.37. The van der Waals surface area contributed by atoms with Crippen LogP contribution in [0.4, 0.5) is 0 Å². The summed E-state index contributed by atoms with van der Waals surface area (Å²) in [5.41, 5.74) is -0.114. The summed E-state index contributed by atoms with van der Waals surface area (Å²) >= 11 is 1.52. The summed E-state index contributed by atoms with van der Waals surface area (Å²) in [5, 5.41) is 0. The Morgan fingerprint density at radius 2 is 2.11 bits per heavy atom. The van der Waals surface area contributed by atoms with Crippen molar-refractivity contribution in [3.8, 4) is 0 Å². The van der Waals surface area contributed by atoms with Crippen molar-refractivity contribution in [2.75, 3.05) is 12.9 Å². The fourth-order valence-corrected chi connectivity index (χ4v) is 2.45. The first-order chi connectivity index (χ1) is 8.52. The van der Waals surface area contributed by atoms with E-state index in [1.54, 1.807) is 0 Å². The molecule has 0 saturated carbocycles. The number of carbonyl (C=O) groups is 2. The van der Waals surface area contributed by atoms with Crippen LogP contribution in [0.25, 0.3) is 0 Å². The van der Waals surface area contributed by atoms with Crippen LogP contribution in [0, 0.1) is 0 Å². The van der Waals surface area contributed by atoms with E-state index in [1.165, 1.54) is 25.8 Å². The van der Waals surface area contributed by atoms with E-state index in [0.717, 1.165) is 0 Å². The van der Waals surface area contributed by atoms with Crippen molar-refractivity contribution in [1.82, 2.24) is 0 Å². The SMILES string of the molecule is COC(=O)CCSC1C=C[C@@H](OC(C)=O)[C@H](C)O1. The van der Waals surface area contributed by atoms with Gasteiger partial charge in [-0.05, 0) is 19.1 Å². The van der Waals surface area contributed by atoms with Crippen LogP contribution >= 0.6 is 11.8 Å². The zero-order chi connectivity index (χ0) is 13.5. The largest absolute Gasteiger partial charge is 0.469 e. The first kappa shape index (κ1) is 15.0. The fraction of sp³-hybridized carbons (Fsp3) is 0.667. The van der Waals surface area contributed by atoms with Gasteiger partial charge in [0.25, 0.3) is 0 Å². The number of hydrogen-bond acceptors (Lipinski definition) is 6. The number of carbonyl (C=O) groups excluding carboxylic acids is 2. The zero-order valence-corrected chi connectivity index (χ0v) is 11.6. The molecule has 0 saturated heterocycles. The van der Waals surface area contributed by atoms with Crippen LogP contribution in [0.3, 0.4) is 0 Å². The minimum absolute atomic E-state index is 0.114. The molecule has 1 aliphatic rings. The molecular weight excluding hydrogens is 256 g/mol. The third-order valence-electron chi connectivity index (χ3n) is 2.39. The Labute approximate surface area is 111 Å². The van der Waals surface area contributed by atoms with Crippen LogP contribution in [0.5, 0.6) is 0 Å². The molecule has 6 heteroatoms. The molecule has 18 heavy (non-hydrogen) atoms. The highest BCUT2D eigenvalue weighted by Gasteiger charge is 2.25. The second kappa shape index (κ2) is 7.43. The molecule has 0 aliphatic carbocycles. The molecule has 0 aromatic rings. The van der Waals surface area contributed by atoms with Gasteiger partial charge in [0.05, 0.1) is 19.6 Å². The molecule has 0 N–H and O–H groups in total. The number of methoxy groups -OCH3 is 1. The number of ether oxygens (including phenoxy) is 3. The standard InChI is InChI=1S/C12H18O5S/c1-8-10(17-9(2)13)4-5-12(16-8)18-7-6-11(14)15-3/h4-5,8,10,12H,6-7H2,1-3H3/t8-,10+,12?/m0/s1. The Morgan fingerprint density at radius 3 is 2.67 bits per heavy atom. The van der Waals surface area contributed by atoms with E-state index in [0.29, 0.717) is 12.2 Å². The van der Waals surface area contributed by atoms with Gasteiger partial charge < -0.3 is 14.2 Å². The quantitative estimate of drug-likeness (QED) is 0.559.